The maximum Gasteiger partial charge on any atom is 0.0850 e. The first-order chi connectivity index (χ1) is 5.91. The number of rotatable bonds is 9. The minimum absolute atomic E-state index is 1.12. The predicted octanol–water partition coefficient (Wildman–Crippen LogP) is 4.74. The molecule has 0 spiro atoms. The first kappa shape index (κ1) is 11.9. The van der Waals surface area contributed by atoms with Gasteiger partial charge in [-0.05, 0) is 12.8 Å². The van der Waals surface area contributed by atoms with Crippen molar-refractivity contribution in [2.24, 2.45) is 0 Å². The lowest BCUT2D eigenvalue weighted by atomic mass is 10.1. The molecule has 0 heteroatoms. The molecule has 0 amide bonds. The Hall–Kier alpha value is -0.130. The minimum Gasteiger partial charge on any atom is -0.0654 e. The van der Waals surface area contributed by atoms with E-state index in [0.717, 1.165) is 6.42 Å². The normalized spacial score (nSPS) is 10.4. The molecule has 72 valence electrons. The van der Waals surface area contributed by atoms with Gasteiger partial charge < -0.3 is 0 Å². The molecule has 0 aliphatic heterocycles. The second kappa shape index (κ2) is 10.9. The number of hydrogen-bond donors (Lipinski definition) is 0. The number of unbranched alkanes of at least 4 members (excludes halogenated alkanes) is 9. The molecule has 0 aromatic rings. The first-order valence-corrected chi connectivity index (χ1v) is 5.71. The largest absolute Gasteiger partial charge is 0.0850 e. The summed E-state index contributed by atoms with van der Waals surface area (Å²) in [6, 6.07) is 0. The van der Waals surface area contributed by atoms with Crippen LogP contribution in [-0.2, 0) is 0 Å². The Morgan fingerprint density at radius 2 is 1.08 bits per heavy atom. The van der Waals surface area contributed by atoms with Crippen molar-refractivity contribution in [3.05, 3.63) is 6.92 Å². The van der Waals surface area contributed by atoms with E-state index in [9.17, 15) is 0 Å². The van der Waals surface area contributed by atoms with Gasteiger partial charge >= 0.3 is 0 Å². The Morgan fingerprint density at radius 3 is 1.50 bits per heavy atom. The smallest absolute Gasteiger partial charge is 0.0654 e. The highest BCUT2D eigenvalue weighted by Gasteiger charge is 1.91. The molecule has 0 nitrogen and oxygen atoms in total. The van der Waals surface area contributed by atoms with Gasteiger partial charge in [0.25, 0.3) is 0 Å². The van der Waals surface area contributed by atoms with E-state index >= 15 is 0 Å². The van der Waals surface area contributed by atoms with Crippen LogP contribution in [0.15, 0.2) is 0 Å². The fourth-order valence-electron chi connectivity index (χ4n) is 1.49. The summed E-state index contributed by atoms with van der Waals surface area (Å²) < 4.78 is 0. The maximum atomic E-state index is 3.84. The van der Waals surface area contributed by atoms with Crippen LogP contribution in [0.3, 0.4) is 0 Å². The van der Waals surface area contributed by atoms with Gasteiger partial charge in [0.2, 0.25) is 0 Å². The van der Waals surface area contributed by atoms with Gasteiger partial charge in [0.05, 0.1) is 13.3 Å². The van der Waals surface area contributed by atoms with E-state index in [1.807, 2.05) is 0 Å². The fraction of sp³-hybridized carbons (Fsp3) is 0.917. The van der Waals surface area contributed by atoms with Gasteiger partial charge in [0.15, 0.2) is 0 Å². The third-order valence-corrected chi connectivity index (χ3v) is 2.35. The summed E-state index contributed by atoms with van der Waals surface area (Å²) in [5.41, 5.74) is 0. The molecule has 0 aliphatic carbocycles. The maximum absolute atomic E-state index is 3.84. The highest BCUT2D eigenvalue weighted by molar-refractivity contribution is 4.47. The van der Waals surface area contributed by atoms with Crippen molar-refractivity contribution in [2.75, 3.05) is 0 Å². The highest BCUT2D eigenvalue weighted by atomic mass is 14.0. The van der Waals surface area contributed by atoms with Crippen molar-refractivity contribution in [1.29, 1.82) is 0 Å². The molecule has 0 saturated carbocycles. The standard InChI is InChI=1S/C12H25/c1-3-5-7-9-11-12-10-8-6-4-2/h1,3-12H2,2H3/q+1. The summed E-state index contributed by atoms with van der Waals surface area (Å²) in [4.78, 5) is 0. The molecule has 0 radical (unpaired) electrons. The molecule has 12 heavy (non-hydrogen) atoms. The molecule has 0 aromatic heterocycles. The van der Waals surface area contributed by atoms with Gasteiger partial charge in [-0.15, -0.1) is 0 Å². The lowest BCUT2D eigenvalue weighted by molar-refractivity contribution is 0.566. The topological polar surface area (TPSA) is 0 Å². The fourth-order valence-corrected chi connectivity index (χ4v) is 1.49. The van der Waals surface area contributed by atoms with Crippen molar-refractivity contribution >= 4 is 0 Å². The third-order valence-electron chi connectivity index (χ3n) is 2.35. The summed E-state index contributed by atoms with van der Waals surface area (Å²) in [7, 11) is 0. The van der Waals surface area contributed by atoms with Gasteiger partial charge in [0, 0.05) is 0 Å². The zero-order valence-electron chi connectivity index (χ0n) is 8.78. The molecule has 0 bridgehead atoms. The van der Waals surface area contributed by atoms with Crippen molar-refractivity contribution < 1.29 is 0 Å². The molecule has 0 fully saturated rings. The van der Waals surface area contributed by atoms with Gasteiger partial charge in [-0.25, -0.2) is 0 Å². The average molecular weight is 169 g/mol. The Bertz CT molecular complexity index is 56.4. The second-order valence-electron chi connectivity index (χ2n) is 3.68. The molecule has 0 unspecified atom stereocenters. The SMILES string of the molecule is [CH2+]CCCCCCCCCCC. The Morgan fingerprint density at radius 1 is 0.667 bits per heavy atom. The average Bonchev–Trinajstić information content (AvgIpc) is 2.10. The molecular formula is C12H25+. The van der Waals surface area contributed by atoms with E-state index in [0.29, 0.717) is 0 Å². The van der Waals surface area contributed by atoms with Crippen LogP contribution in [-0.4, -0.2) is 0 Å². The summed E-state index contributed by atoms with van der Waals surface area (Å²) in [5, 5.41) is 0. The molecule has 0 aromatic carbocycles. The zero-order valence-corrected chi connectivity index (χ0v) is 8.78. The van der Waals surface area contributed by atoms with E-state index in [-0.39, 0.29) is 0 Å². The quantitative estimate of drug-likeness (QED) is 0.345. The number of hydrogen-bond acceptors (Lipinski definition) is 0. The van der Waals surface area contributed by atoms with Crippen LogP contribution in [0.25, 0.3) is 0 Å². The second-order valence-corrected chi connectivity index (χ2v) is 3.68. The van der Waals surface area contributed by atoms with Crippen molar-refractivity contribution in [2.45, 2.75) is 71.1 Å². The van der Waals surface area contributed by atoms with Crippen LogP contribution in [0.2, 0.25) is 0 Å². The van der Waals surface area contributed by atoms with Gasteiger partial charge in [-0.2, -0.15) is 0 Å². The predicted molar refractivity (Wildman–Crippen MR) is 57.2 cm³/mol. The molecular weight excluding hydrogens is 144 g/mol. The van der Waals surface area contributed by atoms with Crippen molar-refractivity contribution in [3.63, 3.8) is 0 Å². The van der Waals surface area contributed by atoms with Crippen LogP contribution in [0.4, 0.5) is 0 Å². The molecule has 0 aliphatic rings. The van der Waals surface area contributed by atoms with E-state index in [1.165, 1.54) is 57.8 Å². The highest BCUT2D eigenvalue weighted by Crippen LogP contribution is 2.09. The minimum atomic E-state index is 1.12. The van der Waals surface area contributed by atoms with Crippen LogP contribution < -0.4 is 0 Å². The van der Waals surface area contributed by atoms with Crippen LogP contribution in [0, 0.1) is 6.92 Å². The Balaban J connectivity index is 2.73. The lowest BCUT2D eigenvalue weighted by Crippen LogP contribution is -1.80. The summed E-state index contributed by atoms with van der Waals surface area (Å²) in [6.45, 7) is 6.12. The van der Waals surface area contributed by atoms with E-state index in [4.69, 9.17) is 0 Å². The summed E-state index contributed by atoms with van der Waals surface area (Å²) in [6.07, 6.45) is 13.9. The lowest BCUT2D eigenvalue weighted by Gasteiger charge is -1.99. The van der Waals surface area contributed by atoms with E-state index in [2.05, 4.69) is 13.8 Å². The van der Waals surface area contributed by atoms with E-state index < -0.39 is 0 Å². The van der Waals surface area contributed by atoms with E-state index in [1.54, 1.807) is 0 Å². The monoisotopic (exact) mass is 169 g/mol. The Kier molecular flexibility index (Phi) is 10.8. The van der Waals surface area contributed by atoms with Crippen LogP contribution in [0.1, 0.15) is 71.1 Å². The summed E-state index contributed by atoms with van der Waals surface area (Å²) in [5.74, 6) is 0. The van der Waals surface area contributed by atoms with Gasteiger partial charge in [-0.3, -0.25) is 0 Å². The molecule has 0 heterocycles. The van der Waals surface area contributed by atoms with Gasteiger partial charge in [0.1, 0.15) is 0 Å². The molecule has 0 N–H and O–H groups in total. The van der Waals surface area contributed by atoms with Crippen molar-refractivity contribution in [1.82, 2.24) is 0 Å². The first-order valence-electron chi connectivity index (χ1n) is 5.71. The van der Waals surface area contributed by atoms with Crippen molar-refractivity contribution in [3.8, 4) is 0 Å². The summed E-state index contributed by atoms with van der Waals surface area (Å²) >= 11 is 0. The van der Waals surface area contributed by atoms with Crippen LogP contribution >= 0.6 is 0 Å². The molecule has 0 rings (SSSR count). The van der Waals surface area contributed by atoms with Gasteiger partial charge in [-0.1, -0.05) is 51.9 Å². The zero-order chi connectivity index (χ0) is 9.07. The molecule has 0 saturated heterocycles. The Labute approximate surface area is 78.8 Å². The third kappa shape index (κ3) is 9.87. The molecule has 0 atom stereocenters. The van der Waals surface area contributed by atoms with Crippen LogP contribution in [0.5, 0.6) is 0 Å².